The van der Waals surface area contributed by atoms with Gasteiger partial charge in [0, 0.05) is 43.2 Å². The van der Waals surface area contributed by atoms with Crippen LogP contribution in [0.4, 0.5) is 0 Å². The van der Waals surface area contributed by atoms with Gasteiger partial charge in [-0.25, -0.2) is 9.97 Å². The third-order valence-corrected chi connectivity index (χ3v) is 7.12. The molecule has 2 aliphatic rings. The molecule has 0 radical (unpaired) electrons. The summed E-state index contributed by atoms with van der Waals surface area (Å²) in [6.45, 7) is 9.00. The third kappa shape index (κ3) is 5.74. The molecule has 2 aromatic rings. The lowest BCUT2D eigenvalue weighted by Crippen LogP contribution is -2.34. The predicted molar refractivity (Wildman–Crippen MR) is 123 cm³/mol. The van der Waals surface area contributed by atoms with Crippen molar-refractivity contribution < 1.29 is 4.74 Å². The fraction of sp³-hybridized carbons (Fsp3) is 0.583. The molecule has 6 heteroatoms. The number of rotatable bonds is 8. The van der Waals surface area contributed by atoms with Crippen LogP contribution < -0.4 is 4.74 Å². The summed E-state index contributed by atoms with van der Waals surface area (Å²) in [6.07, 6.45) is 7.09. The monoisotopic (exact) mass is 426 g/mol. The maximum absolute atomic E-state index is 5.40. The molecule has 0 bridgehead atoms. The number of thioether (sulfide) groups is 1. The Morgan fingerprint density at radius 1 is 1.10 bits per heavy atom. The number of hydrogen-bond donors (Lipinski definition) is 0. The lowest BCUT2D eigenvalue weighted by atomic mass is 9.94. The molecule has 2 aliphatic heterocycles. The lowest BCUT2D eigenvalue weighted by Gasteiger charge is -2.32. The molecule has 1 unspecified atom stereocenters. The second-order valence-corrected chi connectivity index (χ2v) is 9.60. The van der Waals surface area contributed by atoms with Gasteiger partial charge in [-0.3, -0.25) is 4.90 Å². The van der Waals surface area contributed by atoms with Crippen LogP contribution in [0.2, 0.25) is 0 Å². The van der Waals surface area contributed by atoms with E-state index >= 15 is 0 Å². The molecule has 2 saturated heterocycles. The van der Waals surface area contributed by atoms with Crippen molar-refractivity contribution in [3.05, 3.63) is 47.3 Å². The Labute approximate surface area is 185 Å². The molecule has 0 aliphatic carbocycles. The SMILES string of the molecule is COc1ccc(CN2CCCC(c3ccnc(SCCN4CCCC4)n3)C2)cc1C. The molecule has 3 heterocycles. The number of aromatic nitrogens is 2. The molecule has 1 atom stereocenters. The molecule has 1 aromatic carbocycles. The summed E-state index contributed by atoms with van der Waals surface area (Å²) >= 11 is 1.80. The number of benzene rings is 1. The van der Waals surface area contributed by atoms with E-state index in [1.165, 1.54) is 55.6 Å². The van der Waals surface area contributed by atoms with Crippen LogP contribution in [0.25, 0.3) is 0 Å². The van der Waals surface area contributed by atoms with Crippen molar-refractivity contribution in [2.24, 2.45) is 0 Å². The van der Waals surface area contributed by atoms with Crippen molar-refractivity contribution >= 4 is 11.8 Å². The van der Waals surface area contributed by atoms with Crippen LogP contribution in [0.5, 0.6) is 5.75 Å². The Balaban J connectivity index is 1.32. The normalized spacial score (nSPS) is 20.5. The van der Waals surface area contributed by atoms with E-state index in [9.17, 15) is 0 Å². The van der Waals surface area contributed by atoms with Crippen LogP contribution in [0.15, 0.2) is 35.6 Å². The van der Waals surface area contributed by atoms with Crippen LogP contribution in [0.1, 0.15) is 48.4 Å². The predicted octanol–water partition coefficient (Wildman–Crippen LogP) is 4.36. The number of hydrogen-bond acceptors (Lipinski definition) is 6. The fourth-order valence-corrected chi connectivity index (χ4v) is 5.50. The van der Waals surface area contributed by atoms with E-state index in [-0.39, 0.29) is 0 Å². The van der Waals surface area contributed by atoms with Crippen LogP contribution in [-0.2, 0) is 6.54 Å². The van der Waals surface area contributed by atoms with Crippen molar-refractivity contribution in [2.75, 3.05) is 45.6 Å². The van der Waals surface area contributed by atoms with Gasteiger partial charge in [0.25, 0.3) is 0 Å². The Kier molecular flexibility index (Phi) is 7.63. The summed E-state index contributed by atoms with van der Waals surface area (Å²) in [7, 11) is 1.73. The first-order valence-corrected chi connectivity index (χ1v) is 12.2. The molecule has 2 fully saturated rings. The topological polar surface area (TPSA) is 41.5 Å². The molecular weight excluding hydrogens is 392 g/mol. The Bertz CT molecular complexity index is 825. The number of aryl methyl sites for hydroxylation is 1. The van der Waals surface area contributed by atoms with Gasteiger partial charge in [-0.1, -0.05) is 23.9 Å². The highest BCUT2D eigenvalue weighted by Gasteiger charge is 2.23. The molecule has 4 rings (SSSR count). The maximum atomic E-state index is 5.40. The van der Waals surface area contributed by atoms with E-state index in [1.807, 2.05) is 6.20 Å². The molecule has 162 valence electrons. The van der Waals surface area contributed by atoms with Gasteiger partial charge in [0.05, 0.1) is 7.11 Å². The molecule has 30 heavy (non-hydrogen) atoms. The van der Waals surface area contributed by atoms with Crippen molar-refractivity contribution in [1.29, 1.82) is 0 Å². The van der Waals surface area contributed by atoms with E-state index < -0.39 is 0 Å². The zero-order valence-electron chi connectivity index (χ0n) is 18.3. The summed E-state index contributed by atoms with van der Waals surface area (Å²) in [5.41, 5.74) is 3.77. The number of methoxy groups -OCH3 is 1. The van der Waals surface area contributed by atoms with Crippen LogP contribution in [0, 0.1) is 6.92 Å². The highest BCUT2D eigenvalue weighted by Crippen LogP contribution is 2.28. The molecule has 0 saturated carbocycles. The van der Waals surface area contributed by atoms with Crippen LogP contribution >= 0.6 is 11.8 Å². The summed E-state index contributed by atoms with van der Waals surface area (Å²) < 4.78 is 5.40. The summed E-state index contributed by atoms with van der Waals surface area (Å²) in [6, 6.07) is 8.65. The van der Waals surface area contributed by atoms with E-state index in [0.29, 0.717) is 5.92 Å². The second-order valence-electron chi connectivity index (χ2n) is 8.54. The summed E-state index contributed by atoms with van der Waals surface area (Å²) in [5, 5.41) is 0.939. The highest BCUT2D eigenvalue weighted by molar-refractivity contribution is 7.99. The first kappa shape index (κ1) is 21.6. The first-order valence-electron chi connectivity index (χ1n) is 11.3. The van der Waals surface area contributed by atoms with Gasteiger partial charge in [-0.15, -0.1) is 0 Å². The molecule has 1 aromatic heterocycles. The van der Waals surface area contributed by atoms with Crippen molar-refractivity contribution in [3.8, 4) is 5.75 Å². The minimum absolute atomic E-state index is 0.499. The van der Waals surface area contributed by atoms with Crippen LogP contribution in [-0.4, -0.2) is 65.4 Å². The summed E-state index contributed by atoms with van der Waals surface area (Å²) in [4.78, 5) is 14.6. The summed E-state index contributed by atoms with van der Waals surface area (Å²) in [5.74, 6) is 2.54. The molecule has 0 N–H and O–H groups in total. The van der Waals surface area contributed by atoms with Crippen molar-refractivity contribution in [2.45, 2.75) is 50.2 Å². The standard InChI is InChI=1S/C24H34N4OS/c1-19-16-20(7-8-23(19)29-2)17-28-13-5-6-21(18-28)22-9-10-25-24(26-22)30-15-14-27-11-3-4-12-27/h7-10,16,21H,3-6,11-15,17-18H2,1-2H3. The Morgan fingerprint density at radius 2 is 1.93 bits per heavy atom. The zero-order chi connectivity index (χ0) is 20.8. The van der Waals surface area contributed by atoms with Crippen LogP contribution in [0.3, 0.4) is 0 Å². The Hall–Kier alpha value is -1.63. The van der Waals surface area contributed by atoms with Gasteiger partial charge < -0.3 is 9.64 Å². The molecule has 5 nitrogen and oxygen atoms in total. The van der Waals surface area contributed by atoms with Crippen molar-refractivity contribution in [1.82, 2.24) is 19.8 Å². The first-order chi connectivity index (χ1) is 14.7. The van der Waals surface area contributed by atoms with E-state index in [2.05, 4.69) is 46.0 Å². The van der Waals surface area contributed by atoms with Gasteiger partial charge in [-0.05, 0) is 75.5 Å². The lowest BCUT2D eigenvalue weighted by molar-refractivity contribution is 0.198. The van der Waals surface area contributed by atoms with E-state index in [4.69, 9.17) is 9.72 Å². The second kappa shape index (κ2) is 10.6. The van der Waals surface area contributed by atoms with Gasteiger partial charge in [0.15, 0.2) is 5.16 Å². The number of likely N-dealkylation sites (tertiary alicyclic amines) is 2. The largest absolute Gasteiger partial charge is 0.496 e. The van der Waals surface area contributed by atoms with Gasteiger partial charge >= 0.3 is 0 Å². The van der Waals surface area contributed by atoms with Gasteiger partial charge in [-0.2, -0.15) is 0 Å². The molecule has 0 spiro atoms. The van der Waals surface area contributed by atoms with Gasteiger partial charge in [0.2, 0.25) is 0 Å². The van der Waals surface area contributed by atoms with Gasteiger partial charge in [0.1, 0.15) is 5.75 Å². The Morgan fingerprint density at radius 3 is 2.73 bits per heavy atom. The minimum atomic E-state index is 0.499. The number of piperidine rings is 1. The molecular formula is C24H34N4OS. The smallest absolute Gasteiger partial charge is 0.187 e. The zero-order valence-corrected chi connectivity index (χ0v) is 19.2. The quantitative estimate of drug-likeness (QED) is 0.461. The number of nitrogens with zero attached hydrogens (tertiary/aromatic N) is 4. The maximum Gasteiger partial charge on any atom is 0.187 e. The average molecular weight is 427 g/mol. The van der Waals surface area contributed by atoms with E-state index in [1.54, 1.807) is 18.9 Å². The fourth-order valence-electron chi connectivity index (χ4n) is 4.66. The minimum Gasteiger partial charge on any atom is -0.496 e. The van der Waals surface area contributed by atoms with E-state index in [0.717, 1.165) is 42.8 Å². The average Bonchev–Trinajstić information content (AvgIpc) is 3.28. The molecule has 0 amide bonds. The van der Waals surface area contributed by atoms with Crippen molar-refractivity contribution in [3.63, 3.8) is 0 Å². The third-order valence-electron chi connectivity index (χ3n) is 6.28. The number of ether oxygens (including phenoxy) is 1. The highest BCUT2D eigenvalue weighted by atomic mass is 32.2.